The van der Waals surface area contributed by atoms with E-state index in [9.17, 15) is 0 Å². The van der Waals surface area contributed by atoms with E-state index in [2.05, 4.69) is 51.8 Å². The minimum Gasteiger partial charge on any atom is -0.376 e. The van der Waals surface area contributed by atoms with Gasteiger partial charge in [-0.15, -0.1) is 5.10 Å². The van der Waals surface area contributed by atoms with Gasteiger partial charge in [-0.2, -0.15) is 0 Å². The average Bonchev–Trinajstić information content (AvgIpc) is 3.16. The Bertz CT molecular complexity index is 812. The van der Waals surface area contributed by atoms with Crippen molar-refractivity contribution in [2.45, 2.75) is 51.7 Å². The lowest BCUT2D eigenvalue weighted by atomic mass is 9.73. The van der Waals surface area contributed by atoms with Crippen molar-refractivity contribution in [2.24, 2.45) is 5.41 Å². The van der Waals surface area contributed by atoms with E-state index < -0.39 is 0 Å². The van der Waals surface area contributed by atoms with E-state index in [0.717, 1.165) is 38.4 Å². The Morgan fingerprint density at radius 1 is 1.21 bits per heavy atom. The molecular formula is C22H31N5O. The number of aryl methyl sites for hydroxylation is 1. The van der Waals surface area contributed by atoms with Gasteiger partial charge in [0.25, 0.3) is 0 Å². The van der Waals surface area contributed by atoms with Crippen LogP contribution in [-0.4, -0.2) is 53.9 Å². The summed E-state index contributed by atoms with van der Waals surface area (Å²) in [5, 5.41) is 12.2. The first kappa shape index (κ1) is 18.1. The number of ether oxygens (including phenoxy) is 1. The van der Waals surface area contributed by atoms with Crippen LogP contribution >= 0.6 is 0 Å². The van der Waals surface area contributed by atoms with Gasteiger partial charge in [0.05, 0.1) is 18.8 Å². The minimum absolute atomic E-state index is 0.278. The summed E-state index contributed by atoms with van der Waals surface area (Å²) in [4.78, 5) is 2.54. The summed E-state index contributed by atoms with van der Waals surface area (Å²) in [6, 6.07) is 6.78. The van der Waals surface area contributed by atoms with E-state index in [4.69, 9.17) is 4.74 Å². The number of benzene rings is 1. The van der Waals surface area contributed by atoms with Gasteiger partial charge in [0.1, 0.15) is 5.69 Å². The normalized spacial score (nSPS) is 24.3. The van der Waals surface area contributed by atoms with E-state index in [1.807, 2.05) is 4.68 Å². The predicted molar refractivity (Wildman–Crippen MR) is 111 cm³/mol. The molecule has 3 saturated heterocycles. The first-order chi connectivity index (χ1) is 13.7. The molecule has 5 rings (SSSR count). The highest BCUT2D eigenvalue weighted by Crippen LogP contribution is 2.37. The maximum atomic E-state index is 5.83. The zero-order valence-electron chi connectivity index (χ0n) is 16.9. The quantitative estimate of drug-likeness (QED) is 0.882. The molecular weight excluding hydrogens is 350 g/mol. The molecule has 0 saturated carbocycles. The third kappa shape index (κ3) is 3.55. The van der Waals surface area contributed by atoms with Crippen LogP contribution in [0.3, 0.4) is 0 Å². The molecule has 1 spiro atoms. The molecule has 0 unspecified atom stereocenters. The van der Waals surface area contributed by atoms with Gasteiger partial charge in [0, 0.05) is 44.0 Å². The number of anilines is 1. The zero-order chi connectivity index (χ0) is 19.0. The van der Waals surface area contributed by atoms with Crippen molar-refractivity contribution in [1.82, 2.24) is 20.3 Å². The topological polar surface area (TPSA) is 55.2 Å². The first-order valence-corrected chi connectivity index (χ1v) is 10.8. The summed E-state index contributed by atoms with van der Waals surface area (Å²) >= 11 is 0. The molecule has 3 fully saturated rings. The molecule has 2 aromatic rings. The van der Waals surface area contributed by atoms with Gasteiger partial charge in [0.2, 0.25) is 0 Å². The lowest BCUT2D eigenvalue weighted by Crippen LogP contribution is -2.58. The van der Waals surface area contributed by atoms with Gasteiger partial charge >= 0.3 is 0 Å². The number of aromatic nitrogens is 3. The maximum absolute atomic E-state index is 5.83. The molecule has 0 bridgehead atoms. The second kappa shape index (κ2) is 7.48. The van der Waals surface area contributed by atoms with Crippen molar-refractivity contribution in [3.8, 4) is 11.3 Å². The molecule has 0 amide bonds. The van der Waals surface area contributed by atoms with Crippen molar-refractivity contribution in [2.75, 3.05) is 37.7 Å². The summed E-state index contributed by atoms with van der Waals surface area (Å²) in [5.41, 5.74) is 5.33. The van der Waals surface area contributed by atoms with E-state index in [1.165, 1.54) is 55.6 Å². The molecule has 1 aromatic carbocycles. The van der Waals surface area contributed by atoms with Crippen molar-refractivity contribution in [1.29, 1.82) is 0 Å². The average molecular weight is 382 g/mol. The standard InChI is InChI=1S/C22H31N5O/c1-17-12-18(26-9-7-22(8-10-26)15-23-16-22)5-6-20(17)21-14-27(25-24-21)13-19-4-2-3-11-28-19/h5-6,12,14,19,23H,2-4,7-11,13,15-16H2,1H3/t19-/m1/s1. The highest BCUT2D eigenvalue weighted by molar-refractivity contribution is 5.67. The molecule has 6 nitrogen and oxygen atoms in total. The highest BCUT2D eigenvalue weighted by atomic mass is 16.5. The summed E-state index contributed by atoms with van der Waals surface area (Å²) < 4.78 is 7.77. The van der Waals surface area contributed by atoms with Crippen LogP contribution in [0.2, 0.25) is 0 Å². The van der Waals surface area contributed by atoms with Crippen LogP contribution < -0.4 is 10.2 Å². The van der Waals surface area contributed by atoms with Gasteiger partial charge < -0.3 is 15.0 Å². The van der Waals surface area contributed by atoms with Crippen LogP contribution in [0.5, 0.6) is 0 Å². The van der Waals surface area contributed by atoms with Gasteiger partial charge in [0.15, 0.2) is 0 Å². The number of nitrogens with zero attached hydrogens (tertiary/aromatic N) is 4. The fourth-order valence-corrected chi connectivity index (χ4v) is 4.87. The molecule has 0 radical (unpaired) electrons. The van der Waals surface area contributed by atoms with E-state index in [1.54, 1.807) is 0 Å². The summed E-state index contributed by atoms with van der Waals surface area (Å²) in [7, 11) is 0. The van der Waals surface area contributed by atoms with Crippen LogP contribution in [0, 0.1) is 12.3 Å². The maximum Gasteiger partial charge on any atom is 0.113 e. The monoisotopic (exact) mass is 381 g/mol. The first-order valence-electron chi connectivity index (χ1n) is 10.8. The lowest BCUT2D eigenvalue weighted by molar-refractivity contribution is 0.00370. The summed E-state index contributed by atoms with van der Waals surface area (Å²) in [6.07, 6.45) is 8.50. The van der Waals surface area contributed by atoms with E-state index in [0.29, 0.717) is 5.41 Å². The van der Waals surface area contributed by atoms with Crippen molar-refractivity contribution in [3.63, 3.8) is 0 Å². The largest absolute Gasteiger partial charge is 0.376 e. The van der Waals surface area contributed by atoms with Crippen molar-refractivity contribution in [3.05, 3.63) is 30.0 Å². The van der Waals surface area contributed by atoms with Gasteiger partial charge in [-0.25, -0.2) is 4.68 Å². The fourth-order valence-electron chi connectivity index (χ4n) is 4.87. The van der Waals surface area contributed by atoms with Crippen LogP contribution in [0.1, 0.15) is 37.7 Å². The SMILES string of the molecule is Cc1cc(N2CCC3(CC2)CNC3)ccc1-c1cn(C[C@H]2CCCCO2)nn1. The molecule has 1 aromatic heterocycles. The molecule has 3 aliphatic heterocycles. The molecule has 28 heavy (non-hydrogen) atoms. The number of rotatable bonds is 4. The fraction of sp³-hybridized carbons (Fsp3) is 0.636. The Labute approximate surface area is 167 Å². The number of piperidine rings is 1. The van der Waals surface area contributed by atoms with Crippen LogP contribution in [-0.2, 0) is 11.3 Å². The van der Waals surface area contributed by atoms with Crippen LogP contribution in [0.15, 0.2) is 24.4 Å². The van der Waals surface area contributed by atoms with E-state index in [-0.39, 0.29) is 6.10 Å². The Morgan fingerprint density at radius 3 is 2.75 bits per heavy atom. The van der Waals surface area contributed by atoms with Gasteiger partial charge in [-0.05, 0) is 62.1 Å². The Balaban J connectivity index is 1.26. The minimum atomic E-state index is 0.278. The number of nitrogens with one attached hydrogen (secondary N) is 1. The number of hydrogen-bond donors (Lipinski definition) is 1. The Morgan fingerprint density at radius 2 is 2.07 bits per heavy atom. The second-order valence-electron chi connectivity index (χ2n) is 8.90. The van der Waals surface area contributed by atoms with E-state index >= 15 is 0 Å². The molecule has 6 heteroatoms. The molecule has 1 atom stereocenters. The predicted octanol–water partition coefficient (Wildman–Crippen LogP) is 3.01. The van der Waals surface area contributed by atoms with Crippen molar-refractivity contribution >= 4 is 5.69 Å². The molecule has 150 valence electrons. The molecule has 1 N–H and O–H groups in total. The second-order valence-corrected chi connectivity index (χ2v) is 8.90. The van der Waals surface area contributed by atoms with Gasteiger partial charge in [-0.1, -0.05) is 11.3 Å². The molecule has 3 aliphatic rings. The third-order valence-corrected chi connectivity index (χ3v) is 6.88. The highest BCUT2D eigenvalue weighted by Gasteiger charge is 2.39. The zero-order valence-corrected chi connectivity index (χ0v) is 16.9. The van der Waals surface area contributed by atoms with Crippen LogP contribution in [0.25, 0.3) is 11.3 Å². The molecule has 0 aliphatic carbocycles. The summed E-state index contributed by atoms with van der Waals surface area (Å²) in [5.74, 6) is 0. The number of hydrogen-bond acceptors (Lipinski definition) is 5. The summed E-state index contributed by atoms with van der Waals surface area (Å²) in [6.45, 7) is 8.61. The van der Waals surface area contributed by atoms with Crippen LogP contribution in [0.4, 0.5) is 5.69 Å². The lowest BCUT2D eigenvalue weighted by Gasteiger charge is -2.49. The molecule has 4 heterocycles. The van der Waals surface area contributed by atoms with Gasteiger partial charge in [-0.3, -0.25) is 0 Å². The van der Waals surface area contributed by atoms with Crippen molar-refractivity contribution < 1.29 is 4.74 Å². The smallest absolute Gasteiger partial charge is 0.113 e. The Hall–Kier alpha value is -1.92. The third-order valence-electron chi connectivity index (χ3n) is 6.88. The Kier molecular flexibility index (Phi) is 4.85.